The van der Waals surface area contributed by atoms with E-state index in [2.05, 4.69) is 15.3 Å². The fourth-order valence-corrected chi connectivity index (χ4v) is 3.37. The Morgan fingerprint density at radius 1 is 1.29 bits per heavy atom. The SMILES string of the molecule is Cc1ncc(CN(C)[C@H](C)C(=O)Nc2cccc3ncccc23)s1. The third-order valence-corrected chi connectivity index (χ3v) is 4.92. The number of pyridine rings is 1. The van der Waals surface area contributed by atoms with Crippen molar-refractivity contribution in [1.29, 1.82) is 0 Å². The minimum Gasteiger partial charge on any atom is -0.324 e. The van der Waals surface area contributed by atoms with Gasteiger partial charge < -0.3 is 5.32 Å². The molecule has 0 unspecified atom stereocenters. The van der Waals surface area contributed by atoms with Crippen LogP contribution in [-0.2, 0) is 11.3 Å². The van der Waals surface area contributed by atoms with Crippen LogP contribution in [-0.4, -0.2) is 33.9 Å². The van der Waals surface area contributed by atoms with Crippen LogP contribution in [0.4, 0.5) is 5.69 Å². The van der Waals surface area contributed by atoms with Gasteiger partial charge in [-0.25, -0.2) is 4.98 Å². The topological polar surface area (TPSA) is 58.1 Å². The van der Waals surface area contributed by atoms with E-state index in [9.17, 15) is 4.79 Å². The molecule has 0 aliphatic rings. The van der Waals surface area contributed by atoms with Gasteiger partial charge in [-0.2, -0.15) is 0 Å². The van der Waals surface area contributed by atoms with Gasteiger partial charge in [-0.3, -0.25) is 14.7 Å². The predicted octanol–water partition coefficient (Wildman–Crippen LogP) is 3.46. The van der Waals surface area contributed by atoms with E-state index in [-0.39, 0.29) is 11.9 Å². The van der Waals surface area contributed by atoms with Crippen molar-refractivity contribution in [2.24, 2.45) is 0 Å². The molecule has 124 valence electrons. The van der Waals surface area contributed by atoms with Gasteiger partial charge in [-0.15, -0.1) is 11.3 Å². The monoisotopic (exact) mass is 340 g/mol. The molecule has 1 N–H and O–H groups in total. The maximum atomic E-state index is 12.6. The second-order valence-corrected chi connectivity index (χ2v) is 7.12. The molecule has 1 aromatic carbocycles. The number of carbonyl (C=O) groups is 1. The number of benzene rings is 1. The molecule has 0 radical (unpaired) electrons. The summed E-state index contributed by atoms with van der Waals surface area (Å²) in [5.41, 5.74) is 1.66. The molecule has 0 aliphatic heterocycles. The molecular formula is C18H20N4OS. The first kappa shape index (κ1) is 16.5. The fourth-order valence-electron chi connectivity index (χ4n) is 2.51. The second-order valence-electron chi connectivity index (χ2n) is 5.80. The van der Waals surface area contributed by atoms with Crippen LogP contribution >= 0.6 is 11.3 Å². The number of nitrogens with zero attached hydrogens (tertiary/aromatic N) is 3. The summed E-state index contributed by atoms with van der Waals surface area (Å²) < 4.78 is 0. The molecule has 2 aromatic heterocycles. The summed E-state index contributed by atoms with van der Waals surface area (Å²) in [6.07, 6.45) is 3.62. The molecule has 0 spiro atoms. The summed E-state index contributed by atoms with van der Waals surface area (Å²) in [4.78, 5) is 24.4. The van der Waals surface area contributed by atoms with Gasteiger partial charge in [0.2, 0.25) is 5.91 Å². The van der Waals surface area contributed by atoms with E-state index in [4.69, 9.17) is 0 Å². The predicted molar refractivity (Wildman–Crippen MR) is 98.2 cm³/mol. The number of nitrogens with one attached hydrogen (secondary N) is 1. The molecule has 0 fully saturated rings. The molecule has 2 heterocycles. The molecule has 0 bridgehead atoms. The second kappa shape index (κ2) is 7.07. The lowest BCUT2D eigenvalue weighted by atomic mass is 10.1. The van der Waals surface area contributed by atoms with E-state index in [1.807, 2.05) is 62.3 Å². The maximum absolute atomic E-state index is 12.6. The zero-order valence-electron chi connectivity index (χ0n) is 14.0. The fraction of sp³-hybridized carbons (Fsp3) is 0.278. The van der Waals surface area contributed by atoms with E-state index < -0.39 is 0 Å². The Morgan fingerprint density at radius 3 is 2.88 bits per heavy atom. The number of likely N-dealkylation sites (N-methyl/N-ethyl adjacent to an activating group) is 1. The summed E-state index contributed by atoms with van der Waals surface area (Å²) in [7, 11) is 1.95. The summed E-state index contributed by atoms with van der Waals surface area (Å²) in [6, 6.07) is 9.33. The van der Waals surface area contributed by atoms with Crippen molar-refractivity contribution in [3.63, 3.8) is 0 Å². The first-order valence-electron chi connectivity index (χ1n) is 7.81. The van der Waals surface area contributed by atoms with Crippen LogP contribution in [0.2, 0.25) is 0 Å². The van der Waals surface area contributed by atoms with Gasteiger partial charge in [-0.1, -0.05) is 6.07 Å². The average molecular weight is 340 g/mol. The normalized spacial score (nSPS) is 12.5. The van der Waals surface area contributed by atoms with Gasteiger partial charge in [0, 0.05) is 29.2 Å². The van der Waals surface area contributed by atoms with Gasteiger partial charge in [0.15, 0.2) is 0 Å². The molecule has 5 nitrogen and oxygen atoms in total. The van der Waals surface area contributed by atoms with Gasteiger partial charge in [0.25, 0.3) is 0 Å². The molecule has 6 heteroatoms. The van der Waals surface area contributed by atoms with Crippen molar-refractivity contribution in [3.8, 4) is 0 Å². The highest BCUT2D eigenvalue weighted by Gasteiger charge is 2.19. The van der Waals surface area contributed by atoms with Crippen molar-refractivity contribution >= 4 is 33.8 Å². The first-order chi connectivity index (χ1) is 11.5. The quantitative estimate of drug-likeness (QED) is 0.773. The number of rotatable bonds is 5. The van der Waals surface area contributed by atoms with E-state index in [1.165, 1.54) is 0 Å². The molecule has 3 aromatic rings. The van der Waals surface area contributed by atoms with Crippen LogP contribution < -0.4 is 5.32 Å². The largest absolute Gasteiger partial charge is 0.324 e. The summed E-state index contributed by atoms with van der Waals surface area (Å²) >= 11 is 1.66. The summed E-state index contributed by atoms with van der Waals surface area (Å²) in [6.45, 7) is 4.60. The van der Waals surface area contributed by atoms with Gasteiger partial charge >= 0.3 is 0 Å². The number of aromatic nitrogens is 2. The number of aryl methyl sites for hydroxylation is 1. The Hall–Kier alpha value is -2.31. The molecule has 1 amide bonds. The van der Waals surface area contributed by atoms with Crippen molar-refractivity contribution in [2.45, 2.75) is 26.4 Å². The summed E-state index contributed by atoms with van der Waals surface area (Å²) in [5.74, 6) is -0.0323. The number of hydrogen-bond acceptors (Lipinski definition) is 5. The zero-order valence-corrected chi connectivity index (χ0v) is 14.8. The Morgan fingerprint density at radius 2 is 2.12 bits per heavy atom. The van der Waals surface area contributed by atoms with Crippen LogP contribution in [0.1, 0.15) is 16.8 Å². The molecule has 0 saturated carbocycles. The highest BCUT2D eigenvalue weighted by Crippen LogP contribution is 2.22. The maximum Gasteiger partial charge on any atom is 0.241 e. The molecular weight excluding hydrogens is 320 g/mol. The number of carbonyl (C=O) groups excluding carboxylic acids is 1. The zero-order chi connectivity index (χ0) is 17.1. The van der Waals surface area contributed by atoms with E-state index >= 15 is 0 Å². The number of hydrogen-bond donors (Lipinski definition) is 1. The van der Waals surface area contributed by atoms with Crippen LogP contribution in [0.3, 0.4) is 0 Å². The number of fused-ring (bicyclic) bond motifs is 1. The average Bonchev–Trinajstić information content (AvgIpc) is 2.99. The van der Waals surface area contributed by atoms with E-state index in [0.29, 0.717) is 6.54 Å². The van der Waals surface area contributed by atoms with Crippen molar-refractivity contribution in [3.05, 3.63) is 52.6 Å². The Balaban J connectivity index is 1.71. The molecule has 1 atom stereocenters. The minimum atomic E-state index is -0.251. The lowest BCUT2D eigenvalue weighted by Crippen LogP contribution is -2.39. The smallest absolute Gasteiger partial charge is 0.241 e. The van der Waals surface area contributed by atoms with Gasteiger partial charge in [0.1, 0.15) is 0 Å². The molecule has 0 saturated heterocycles. The number of thiazole rings is 1. The van der Waals surface area contributed by atoms with Crippen LogP contribution in [0.15, 0.2) is 42.7 Å². The highest BCUT2D eigenvalue weighted by molar-refractivity contribution is 7.11. The Kier molecular flexibility index (Phi) is 4.87. The number of amides is 1. The molecule has 3 rings (SSSR count). The molecule has 24 heavy (non-hydrogen) atoms. The molecule has 0 aliphatic carbocycles. The Labute approximate surface area is 145 Å². The van der Waals surface area contributed by atoms with Crippen LogP contribution in [0.5, 0.6) is 0 Å². The van der Waals surface area contributed by atoms with Crippen LogP contribution in [0, 0.1) is 6.92 Å². The lowest BCUT2D eigenvalue weighted by Gasteiger charge is -2.23. The third kappa shape index (κ3) is 3.60. The van der Waals surface area contributed by atoms with Gasteiger partial charge in [-0.05, 0) is 45.2 Å². The van der Waals surface area contributed by atoms with Crippen molar-refractivity contribution in [1.82, 2.24) is 14.9 Å². The van der Waals surface area contributed by atoms with E-state index in [0.717, 1.165) is 26.5 Å². The Bertz CT molecular complexity index is 856. The van der Waals surface area contributed by atoms with E-state index in [1.54, 1.807) is 17.5 Å². The minimum absolute atomic E-state index is 0.0323. The first-order valence-corrected chi connectivity index (χ1v) is 8.62. The lowest BCUT2D eigenvalue weighted by molar-refractivity contribution is -0.120. The van der Waals surface area contributed by atoms with Crippen LogP contribution in [0.25, 0.3) is 10.9 Å². The summed E-state index contributed by atoms with van der Waals surface area (Å²) in [5, 5.41) is 5.01. The standard InChI is InChI=1S/C18H20N4OS/c1-12(22(3)11-14-10-20-13(2)24-14)18(23)21-17-8-4-7-16-15(17)6-5-9-19-16/h4-10,12H,11H2,1-3H3,(H,21,23)/t12-/m1/s1. The van der Waals surface area contributed by atoms with Crippen molar-refractivity contribution in [2.75, 3.05) is 12.4 Å². The number of anilines is 1. The van der Waals surface area contributed by atoms with Gasteiger partial charge in [0.05, 0.1) is 22.3 Å². The van der Waals surface area contributed by atoms with Crippen molar-refractivity contribution < 1.29 is 4.79 Å². The third-order valence-electron chi connectivity index (χ3n) is 4.02. The highest BCUT2D eigenvalue weighted by atomic mass is 32.1.